The molecule has 2 rings (SSSR count). The fraction of sp³-hybridized carbons (Fsp3) is 0.571. The van der Waals surface area contributed by atoms with E-state index in [9.17, 15) is 0 Å². The Morgan fingerprint density at radius 1 is 1.41 bits per heavy atom. The molecule has 0 amide bonds. The monoisotopic (exact) mass is 297 g/mol. The molecule has 0 aliphatic heterocycles. The van der Waals surface area contributed by atoms with Gasteiger partial charge >= 0.3 is 0 Å². The second-order valence-electron chi connectivity index (χ2n) is 4.77. The first-order chi connectivity index (χ1) is 8.26. The lowest BCUT2D eigenvalue weighted by Crippen LogP contribution is -2.20. The zero-order chi connectivity index (χ0) is 12.3. The molecule has 0 spiro atoms. The van der Waals surface area contributed by atoms with Crippen molar-refractivity contribution in [1.29, 1.82) is 0 Å². The van der Waals surface area contributed by atoms with Crippen LogP contribution in [-0.2, 0) is 0 Å². The Morgan fingerprint density at radius 2 is 2.12 bits per heavy atom. The molecule has 1 saturated carbocycles. The van der Waals surface area contributed by atoms with Crippen molar-refractivity contribution in [3.05, 3.63) is 28.2 Å². The van der Waals surface area contributed by atoms with Crippen molar-refractivity contribution >= 4 is 15.9 Å². The fourth-order valence-corrected chi connectivity index (χ4v) is 3.31. The van der Waals surface area contributed by atoms with Gasteiger partial charge in [0.25, 0.3) is 0 Å². The lowest BCUT2D eigenvalue weighted by Gasteiger charge is -2.24. The number of halogens is 1. The summed E-state index contributed by atoms with van der Waals surface area (Å²) in [6.45, 7) is 0.706. The van der Waals surface area contributed by atoms with E-state index in [4.69, 9.17) is 10.5 Å². The van der Waals surface area contributed by atoms with Crippen LogP contribution in [0.5, 0.6) is 5.75 Å². The van der Waals surface area contributed by atoms with Gasteiger partial charge in [-0.3, -0.25) is 0 Å². The second kappa shape index (κ2) is 5.87. The van der Waals surface area contributed by atoms with Crippen molar-refractivity contribution in [2.75, 3.05) is 13.7 Å². The van der Waals surface area contributed by atoms with Crippen LogP contribution in [0.3, 0.4) is 0 Å². The molecule has 94 valence electrons. The van der Waals surface area contributed by atoms with Crippen LogP contribution in [-0.4, -0.2) is 13.7 Å². The highest BCUT2D eigenvalue weighted by atomic mass is 79.9. The Hall–Kier alpha value is -0.540. The molecule has 1 fully saturated rings. The van der Waals surface area contributed by atoms with Crippen molar-refractivity contribution in [3.63, 3.8) is 0 Å². The normalized spacial score (nSPS) is 18.3. The molecule has 1 aromatic carbocycles. The molecule has 0 bridgehead atoms. The first-order valence-electron chi connectivity index (χ1n) is 6.29. The van der Waals surface area contributed by atoms with Gasteiger partial charge in [0, 0.05) is 10.4 Å². The molecule has 1 atom stereocenters. The predicted molar refractivity (Wildman–Crippen MR) is 74.4 cm³/mol. The molecular weight excluding hydrogens is 278 g/mol. The first-order valence-corrected chi connectivity index (χ1v) is 7.09. The molecule has 0 saturated heterocycles. The summed E-state index contributed by atoms with van der Waals surface area (Å²) in [7, 11) is 1.73. The first kappa shape index (κ1) is 12.9. The standard InChI is InChI=1S/C14H20BrNO/c1-17-14-7-6-11(15)8-12(14)13(9-16)10-4-2-3-5-10/h6-8,10,13H,2-5,9,16H2,1H3. The third-order valence-electron chi connectivity index (χ3n) is 3.81. The van der Waals surface area contributed by atoms with Crippen LogP contribution in [0.1, 0.15) is 37.2 Å². The SMILES string of the molecule is COc1ccc(Br)cc1C(CN)C1CCCC1. The van der Waals surface area contributed by atoms with E-state index in [0.717, 1.165) is 16.1 Å². The van der Waals surface area contributed by atoms with Crippen molar-refractivity contribution in [2.45, 2.75) is 31.6 Å². The minimum absolute atomic E-state index is 0.435. The number of hydrogen-bond acceptors (Lipinski definition) is 2. The molecular formula is C14H20BrNO. The van der Waals surface area contributed by atoms with Gasteiger partial charge in [0.1, 0.15) is 5.75 Å². The van der Waals surface area contributed by atoms with Crippen LogP contribution in [0.2, 0.25) is 0 Å². The Morgan fingerprint density at radius 3 is 2.71 bits per heavy atom. The zero-order valence-corrected chi connectivity index (χ0v) is 11.9. The van der Waals surface area contributed by atoms with Crippen LogP contribution in [0.15, 0.2) is 22.7 Å². The topological polar surface area (TPSA) is 35.2 Å². The van der Waals surface area contributed by atoms with Crippen molar-refractivity contribution in [1.82, 2.24) is 0 Å². The number of rotatable bonds is 4. The third kappa shape index (κ3) is 2.83. The second-order valence-corrected chi connectivity index (χ2v) is 5.69. The number of nitrogens with two attached hydrogens (primary N) is 1. The minimum atomic E-state index is 0.435. The maximum Gasteiger partial charge on any atom is 0.122 e. The van der Waals surface area contributed by atoms with Gasteiger partial charge in [-0.25, -0.2) is 0 Å². The average molecular weight is 298 g/mol. The molecule has 2 nitrogen and oxygen atoms in total. The highest BCUT2D eigenvalue weighted by Crippen LogP contribution is 2.40. The van der Waals surface area contributed by atoms with Gasteiger partial charge in [0.2, 0.25) is 0 Å². The number of benzene rings is 1. The molecule has 0 heterocycles. The Kier molecular flexibility index (Phi) is 4.46. The molecule has 1 aliphatic rings. The Balaban J connectivity index is 2.31. The third-order valence-corrected chi connectivity index (χ3v) is 4.31. The van der Waals surface area contributed by atoms with Crippen molar-refractivity contribution in [2.24, 2.45) is 11.7 Å². The van der Waals surface area contributed by atoms with Crippen LogP contribution in [0.4, 0.5) is 0 Å². The van der Waals surface area contributed by atoms with E-state index in [1.165, 1.54) is 31.2 Å². The number of hydrogen-bond donors (Lipinski definition) is 1. The molecule has 3 heteroatoms. The van der Waals surface area contributed by atoms with Gasteiger partial charge in [0.15, 0.2) is 0 Å². The van der Waals surface area contributed by atoms with Gasteiger partial charge in [-0.1, -0.05) is 28.8 Å². The highest BCUT2D eigenvalue weighted by Gasteiger charge is 2.27. The smallest absolute Gasteiger partial charge is 0.122 e. The maximum atomic E-state index is 5.99. The van der Waals surface area contributed by atoms with E-state index in [1.807, 2.05) is 12.1 Å². The van der Waals surface area contributed by atoms with Crippen LogP contribution in [0.25, 0.3) is 0 Å². The zero-order valence-electron chi connectivity index (χ0n) is 10.3. The van der Waals surface area contributed by atoms with Gasteiger partial charge in [-0.05, 0) is 49.1 Å². The van der Waals surface area contributed by atoms with Crippen LogP contribution < -0.4 is 10.5 Å². The van der Waals surface area contributed by atoms with E-state index in [1.54, 1.807) is 7.11 Å². The average Bonchev–Trinajstić information content (AvgIpc) is 2.84. The lowest BCUT2D eigenvalue weighted by molar-refractivity contribution is 0.384. The van der Waals surface area contributed by atoms with Crippen LogP contribution >= 0.6 is 15.9 Å². The van der Waals surface area contributed by atoms with E-state index >= 15 is 0 Å². The van der Waals surface area contributed by atoms with Crippen molar-refractivity contribution in [3.8, 4) is 5.75 Å². The Labute approximate surface area is 112 Å². The van der Waals surface area contributed by atoms with E-state index in [-0.39, 0.29) is 0 Å². The highest BCUT2D eigenvalue weighted by molar-refractivity contribution is 9.10. The van der Waals surface area contributed by atoms with E-state index in [0.29, 0.717) is 12.5 Å². The lowest BCUT2D eigenvalue weighted by atomic mass is 9.84. The molecule has 1 unspecified atom stereocenters. The molecule has 1 aromatic rings. The summed E-state index contributed by atoms with van der Waals surface area (Å²) in [5.74, 6) is 2.13. The summed E-state index contributed by atoms with van der Waals surface area (Å²) in [4.78, 5) is 0. The summed E-state index contributed by atoms with van der Waals surface area (Å²) < 4.78 is 6.57. The van der Waals surface area contributed by atoms with Crippen LogP contribution in [0, 0.1) is 5.92 Å². The summed E-state index contributed by atoms with van der Waals surface area (Å²) >= 11 is 3.54. The van der Waals surface area contributed by atoms with Crippen molar-refractivity contribution < 1.29 is 4.74 Å². The predicted octanol–water partition coefficient (Wildman–Crippen LogP) is 3.69. The van der Waals surface area contributed by atoms with Gasteiger partial charge < -0.3 is 10.5 Å². The van der Waals surface area contributed by atoms with E-state index < -0.39 is 0 Å². The summed E-state index contributed by atoms with van der Waals surface area (Å²) in [5, 5.41) is 0. The van der Waals surface area contributed by atoms with Gasteiger partial charge in [-0.2, -0.15) is 0 Å². The molecule has 17 heavy (non-hydrogen) atoms. The molecule has 1 aliphatic carbocycles. The summed E-state index contributed by atoms with van der Waals surface area (Å²) in [6, 6.07) is 6.20. The number of methoxy groups -OCH3 is 1. The van der Waals surface area contributed by atoms with Gasteiger partial charge in [-0.15, -0.1) is 0 Å². The molecule has 0 aromatic heterocycles. The van der Waals surface area contributed by atoms with E-state index in [2.05, 4.69) is 22.0 Å². The summed E-state index contributed by atoms with van der Waals surface area (Å²) in [6.07, 6.45) is 5.30. The largest absolute Gasteiger partial charge is 0.496 e. The maximum absolute atomic E-state index is 5.99. The number of ether oxygens (including phenoxy) is 1. The quantitative estimate of drug-likeness (QED) is 0.920. The summed E-state index contributed by atoms with van der Waals surface area (Å²) in [5.41, 5.74) is 7.25. The minimum Gasteiger partial charge on any atom is -0.496 e. The van der Waals surface area contributed by atoms with Gasteiger partial charge in [0.05, 0.1) is 7.11 Å². The molecule has 2 N–H and O–H groups in total. The fourth-order valence-electron chi connectivity index (χ4n) is 2.93. The Bertz CT molecular complexity index is 374. The molecule has 0 radical (unpaired) electrons.